The lowest BCUT2D eigenvalue weighted by Crippen LogP contribution is -2.53. The minimum Gasteiger partial charge on any atom is -0.383 e. The van der Waals surface area contributed by atoms with Crippen LogP contribution in [0.15, 0.2) is 0 Å². The first kappa shape index (κ1) is 17.8. The predicted molar refractivity (Wildman–Crippen MR) is 75.5 cm³/mol. The summed E-state index contributed by atoms with van der Waals surface area (Å²) >= 11 is 0. The van der Waals surface area contributed by atoms with Gasteiger partial charge in [0.25, 0.3) is 0 Å². The second-order valence-electron chi connectivity index (χ2n) is 6.00. The lowest BCUT2D eigenvalue weighted by Gasteiger charge is -2.29. The van der Waals surface area contributed by atoms with Crippen LogP contribution < -0.4 is 5.32 Å². The molecule has 132 valence electrons. The first-order valence-electron chi connectivity index (χ1n) is 7.71. The van der Waals surface area contributed by atoms with E-state index in [-0.39, 0.29) is 19.1 Å². The van der Waals surface area contributed by atoms with E-state index in [0.717, 1.165) is 17.7 Å². The van der Waals surface area contributed by atoms with Gasteiger partial charge in [-0.1, -0.05) is 12.8 Å². The van der Waals surface area contributed by atoms with Crippen molar-refractivity contribution in [3.05, 3.63) is 0 Å². The lowest BCUT2D eigenvalue weighted by atomic mass is 9.98. The Morgan fingerprint density at radius 3 is 2.61 bits per heavy atom. The summed E-state index contributed by atoms with van der Waals surface area (Å²) in [6, 6.07) is -2.69. The molecule has 0 aromatic heterocycles. The molecule has 2 fully saturated rings. The summed E-state index contributed by atoms with van der Waals surface area (Å²) in [5, 5.41) is 2.09. The Kier molecular flexibility index (Phi) is 5.72. The third kappa shape index (κ3) is 4.49. The largest absolute Gasteiger partial charge is 0.408 e. The average molecular weight is 337 g/mol. The summed E-state index contributed by atoms with van der Waals surface area (Å²) in [6.45, 7) is 0.410. The van der Waals surface area contributed by atoms with Crippen LogP contribution in [-0.2, 0) is 9.53 Å². The van der Waals surface area contributed by atoms with E-state index in [1.165, 1.54) is 12.0 Å². The zero-order valence-electron chi connectivity index (χ0n) is 13.1. The molecule has 0 radical (unpaired) electrons. The maximum absolute atomic E-state index is 13.2. The van der Waals surface area contributed by atoms with Crippen molar-refractivity contribution in [1.29, 1.82) is 0 Å². The van der Waals surface area contributed by atoms with Crippen LogP contribution in [0.25, 0.3) is 0 Å². The molecule has 2 aliphatic rings. The number of halogens is 3. The highest BCUT2D eigenvalue weighted by molar-refractivity contribution is 5.87. The van der Waals surface area contributed by atoms with Gasteiger partial charge in [0.15, 0.2) is 0 Å². The van der Waals surface area contributed by atoms with Crippen molar-refractivity contribution < 1.29 is 27.5 Å². The summed E-state index contributed by atoms with van der Waals surface area (Å²) in [6.07, 6.45) is -2.06. The number of amides is 3. The summed E-state index contributed by atoms with van der Waals surface area (Å²) in [4.78, 5) is 26.4. The molecule has 1 heterocycles. The number of methoxy groups -OCH3 is 1. The fraction of sp³-hybridized carbons (Fsp3) is 0.857. The molecule has 1 atom stereocenters. The van der Waals surface area contributed by atoms with E-state index in [4.69, 9.17) is 4.74 Å². The van der Waals surface area contributed by atoms with Crippen LogP contribution in [0.4, 0.5) is 18.0 Å². The molecule has 1 aliphatic carbocycles. The van der Waals surface area contributed by atoms with Gasteiger partial charge in [-0.25, -0.2) is 4.79 Å². The first-order chi connectivity index (χ1) is 10.8. The number of urea groups is 1. The highest BCUT2D eigenvalue weighted by Crippen LogP contribution is 2.35. The monoisotopic (exact) mass is 337 g/mol. The van der Waals surface area contributed by atoms with Gasteiger partial charge >= 0.3 is 12.2 Å². The van der Waals surface area contributed by atoms with E-state index < -0.39 is 24.2 Å². The molecule has 0 spiro atoms. The number of hydrogen-bond donors (Lipinski definition) is 1. The number of rotatable bonds is 5. The third-order valence-corrected chi connectivity index (χ3v) is 4.38. The van der Waals surface area contributed by atoms with Crippen molar-refractivity contribution in [2.45, 2.75) is 37.9 Å². The number of hydrogen-bond acceptors (Lipinski definition) is 3. The van der Waals surface area contributed by atoms with Crippen molar-refractivity contribution in [2.75, 3.05) is 33.5 Å². The van der Waals surface area contributed by atoms with Gasteiger partial charge in [0.1, 0.15) is 12.6 Å². The van der Waals surface area contributed by atoms with E-state index >= 15 is 0 Å². The first-order valence-corrected chi connectivity index (χ1v) is 7.71. The van der Waals surface area contributed by atoms with Crippen LogP contribution in [0.3, 0.4) is 0 Å². The van der Waals surface area contributed by atoms with Crippen LogP contribution in [-0.4, -0.2) is 67.4 Å². The van der Waals surface area contributed by atoms with Gasteiger partial charge in [-0.15, -0.1) is 0 Å². The molecule has 23 heavy (non-hydrogen) atoms. The number of alkyl halides is 3. The summed E-state index contributed by atoms with van der Waals surface area (Å²) in [7, 11) is 1.49. The Hall–Kier alpha value is -1.51. The molecule has 1 saturated heterocycles. The molecule has 1 aliphatic heterocycles. The van der Waals surface area contributed by atoms with Crippen molar-refractivity contribution in [2.24, 2.45) is 5.92 Å². The predicted octanol–water partition coefficient (Wildman–Crippen LogP) is 1.57. The second-order valence-corrected chi connectivity index (χ2v) is 6.00. The average Bonchev–Trinajstić information content (AvgIpc) is 3.11. The molecule has 9 heteroatoms. The zero-order valence-corrected chi connectivity index (χ0v) is 13.1. The van der Waals surface area contributed by atoms with Gasteiger partial charge in [0, 0.05) is 13.7 Å². The summed E-state index contributed by atoms with van der Waals surface area (Å²) in [5.74, 6) is -0.872. The Balaban J connectivity index is 1.95. The molecular formula is C14H22F3N3O3. The highest BCUT2D eigenvalue weighted by atomic mass is 19.4. The van der Waals surface area contributed by atoms with E-state index in [2.05, 4.69) is 5.32 Å². The smallest absolute Gasteiger partial charge is 0.383 e. The van der Waals surface area contributed by atoms with E-state index in [0.29, 0.717) is 26.0 Å². The molecule has 0 aromatic carbocycles. The van der Waals surface area contributed by atoms with E-state index in [1.807, 2.05) is 0 Å². The van der Waals surface area contributed by atoms with Crippen LogP contribution in [0.1, 0.15) is 25.7 Å². The standard InChI is InChI=1S/C14H22F3N3O3/c1-23-7-6-19-9-20(8-11(19)21)13(22)18-12(14(15,16)17)10-4-2-3-5-10/h10,12H,2-9H2,1H3,(H,18,22)/t12-/m0/s1. The Morgan fingerprint density at radius 1 is 1.39 bits per heavy atom. The van der Waals surface area contributed by atoms with Crippen LogP contribution >= 0.6 is 0 Å². The molecule has 0 unspecified atom stereocenters. The highest BCUT2D eigenvalue weighted by Gasteiger charge is 2.47. The molecule has 2 rings (SSSR count). The van der Waals surface area contributed by atoms with Crippen LogP contribution in [0.5, 0.6) is 0 Å². The normalized spacial score (nSPS) is 21.1. The van der Waals surface area contributed by atoms with Gasteiger partial charge < -0.3 is 15.0 Å². The third-order valence-electron chi connectivity index (χ3n) is 4.38. The second kappa shape index (κ2) is 7.37. The van der Waals surface area contributed by atoms with Crippen molar-refractivity contribution in [1.82, 2.24) is 15.1 Å². The Bertz CT molecular complexity index is 439. The zero-order chi connectivity index (χ0) is 17.0. The molecular weight excluding hydrogens is 315 g/mol. The Labute approximate surface area is 132 Å². The van der Waals surface area contributed by atoms with Gasteiger partial charge in [0.05, 0.1) is 13.3 Å². The SMILES string of the molecule is COCCN1CN(C(=O)N[C@@H](C2CCCC2)C(F)(F)F)CC1=O. The van der Waals surface area contributed by atoms with Crippen LogP contribution in [0.2, 0.25) is 0 Å². The molecule has 1 N–H and O–H groups in total. The number of nitrogens with one attached hydrogen (secondary N) is 1. The van der Waals surface area contributed by atoms with Gasteiger partial charge in [-0.3, -0.25) is 9.69 Å². The minimum absolute atomic E-state index is 0.0106. The quantitative estimate of drug-likeness (QED) is 0.828. The summed E-state index contributed by atoms with van der Waals surface area (Å²) in [5.41, 5.74) is 0. The lowest BCUT2D eigenvalue weighted by molar-refractivity contribution is -0.165. The fourth-order valence-corrected chi connectivity index (χ4v) is 3.11. The van der Waals surface area contributed by atoms with Crippen molar-refractivity contribution in [3.63, 3.8) is 0 Å². The van der Waals surface area contributed by atoms with Crippen LogP contribution in [0, 0.1) is 5.92 Å². The fourth-order valence-electron chi connectivity index (χ4n) is 3.11. The number of nitrogens with zero attached hydrogens (tertiary/aromatic N) is 2. The van der Waals surface area contributed by atoms with E-state index in [9.17, 15) is 22.8 Å². The minimum atomic E-state index is -4.48. The van der Waals surface area contributed by atoms with Crippen molar-refractivity contribution in [3.8, 4) is 0 Å². The topological polar surface area (TPSA) is 61.9 Å². The van der Waals surface area contributed by atoms with E-state index in [1.54, 1.807) is 0 Å². The van der Waals surface area contributed by atoms with Gasteiger partial charge in [-0.05, 0) is 18.8 Å². The Morgan fingerprint density at radius 2 is 2.04 bits per heavy atom. The molecule has 1 saturated carbocycles. The van der Waals surface area contributed by atoms with Crippen molar-refractivity contribution >= 4 is 11.9 Å². The molecule has 0 aromatic rings. The number of carbonyl (C=O) groups is 2. The molecule has 3 amide bonds. The molecule has 0 bridgehead atoms. The van der Waals surface area contributed by atoms with Gasteiger partial charge in [0.2, 0.25) is 5.91 Å². The maximum atomic E-state index is 13.2. The van der Waals surface area contributed by atoms with Gasteiger partial charge in [-0.2, -0.15) is 13.2 Å². The number of carbonyl (C=O) groups excluding carboxylic acids is 2. The summed E-state index contributed by atoms with van der Waals surface area (Å²) < 4.78 is 44.5. The molecule has 6 nitrogen and oxygen atoms in total. The number of ether oxygens (including phenoxy) is 1. The maximum Gasteiger partial charge on any atom is 0.408 e.